The third-order valence-electron chi connectivity index (χ3n) is 4.03. The number of benzene rings is 2. The molecule has 1 heterocycles. The average Bonchev–Trinajstić information content (AvgIpc) is 2.80. The molecule has 0 N–H and O–H groups in total. The van der Waals surface area contributed by atoms with Gasteiger partial charge in [0.1, 0.15) is 0 Å². The number of fused-ring (bicyclic) bond motifs is 1. The largest absolute Gasteiger partial charge is 0.469 e. The highest BCUT2D eigenvalue weighted by Gasteiger charge is 2.19. The van der Waals surface area contributed by atoms with Crippen molar-refractivity contribution in [3.63, 3.8) is 0 Å². The third kappa shape index (κ3) is 3.71. The van der Waals surface area contributed by atoms with Gasteiger partial charge in [0.2, 0.25) is 0 Å². The van der Waals surface area contributed by atoms with Crippen molar-refractivity contribution in [1.29, 1.82) is 0 Å². The molecular weight excluding hydrogens is 300 g/mol. The molecule has 0 unspecified atom stereocenters. The SMILES string of the molecule is COC(=O)CC1=CN=Cc2ccccc2N1CCc1ccccc1. The summed E-state index contributed by atoms with van der Waals surface area (Å²) in [5, 5.41) is 0. The second-order valence-corrected chi connectivity index (χ2v) is 5.60. The van der Waals surface area contributed by atoms with Crippen LogP contribution in [0.4, 0.5) is 5.69 Å². The first-order chi connectivity index (χ1) is 11.8. The minimum atomic E-state index is -0.263. The number of carbonyl (C=O) groups excluding carboxylic acids is 1. The standard InChI is InChI=1S/C20H20N2O2/c1-24-20(23)13-18-15-21-14-17-9-5-6-10-19(17)22(18)12-11-16-7-3-2-4-8-16/h2-10,14-15H,11-13H2,1H3. The second-order valence-electron chi connectivity index (χ2n) is 5.60. The lowest BCUT2D eigenvalue weighted by atomic mass is 10.1. The summed E-state index contributed by atoms with van der Waals surface area (Å²) in [5.41, 5.74) is 4.21. The number of carbonyl (C=O) groups is 1. The molecule has 0 aromatic heterocycles. The number of hydrogen-bond acceptors (Lipinski definition) is 4. The van der Waals surface area contributed by atoms with E-state index in [2.05, 4.69) is 28.1 Å². The fourth-order valence-electron chi connectivity index (χ4n) is 2.78. The van der Waals surface area contributed by atoms with Gasteiger partial charge < -0.3 is 9.64 Å². The Hall–Kier alpha value is -2.88. The maximum atomic E-state index is 11.8. The minimum absolute atomic E-state index is 0.205. The number of ether oxygens (including phenoxy) is 1. The molecular formula is C20H20N2O2. The lowest BCUT2D eigenvalue weighted by Gasteiger charge is -2.27. The lowest BCUT2D eigenvalue weighted by molar-refractivity contribution is -0.139. The fourth-order valence-corrected chi connectivity index (χ4v) is 2.78. The number of para-hydroxylation sites is 1. The Morgan fingerprint density at radius 1 is 1.08 bits per heavy atom. The number of aliphatic imine (C=N–C) groups is 1. The number of nitrogens with zero attached hydrogens (tertiary/aromatic N) is 2. The number of methoxy groups -OCH3 is 1. The number of anilines is 1. The van der Waals surface area contributed by atoms with Crippen LogP contribution in [0.2, 0.25) is 0 Å². The highest BCUT2D eigenvalue weighted by molar-refractivity contribution is 5.90. The summed E-state index contributed by atoms with van der Waals surface area (Å²) in [4.78, 5) is 18.3. The molecule has 2 aromatic carbocycles. The van der Waals surface area contributed by atoms with Gasteiger partial charge in [-0.25, -0.2) is 0 Å². The summed E-state index contributed by atoms with van der Waals surface area (Å²) in [7, 11) is 1.41. The Morgan fingerprint density at radius 2 is 1.83 bits per heavy atom. The van der Waals surface area contributed by atoms with Crippen molar-refractivity contribution in [2.45, 2.75) is 12.8 Å². The number of hydrogen-bond donors (Lipinski definition) is 0. The van der Waals surface area contributed by atoms with Crippen molar-refractivity contribution < 1.29 is 9.53 Å². The molecule has 0 aliphatic carbocycles. The van der Waals surface area contributed by atoms with E-state index in [1.807, 2.05) is 42.6 Å². The van der Waals surface area contributed by atoms with E-state index in [0.717, 1.165) is 29.9 Å². The predicted octanol–water partition coefficient (Wildman–Crippen LogP) is 3.57. The summed E-state index contributed by atoms with van der Waals surface area (Å²) in [6.07, 6.45) is 4.67. The Morgan fingerprint density at radius 3 is 2.62 bits per heavy atom. The topological polar surface area (TPSA) is 41.9 Å². The van der Waals surface area contributed by atoms with Crippen LogP contribution in [-0.2, 0) is 16.0 Å². The number of rotatable bonds is 5. The van der Waals surface area contributed by atoms with Crippen molar-refractivity contribution in [3.8, 4) is 0 Å². The van der Waals surface area contributed by atoms with Gasteiger partial charge >= 0.3 is 5.97 Å². The monoisotopic (exact) mass is 320 g/mol. The van der Waals surface area contributed by atoms with Crippen LogP contribution in [0.15, 0.2) is 71.5 Å². The van der Waals surface area contributed by atoms with Gasteiger partial charge in [-0.2, -0.15) is 0 Å². The van der Waals surface area contributed by atoms with Crippen LogP contribution in [0.3, 0.4) is 0 Å². The Bertz CT molecular complexity index is 766. The van der Waals surface area contributed by atoms with Crippen molar-refractivity contribution in [3.05, 3.63) is 77.6 Å². The first-order valence-corrected chi connectivity index (χ1v) is 7.97. The van der Waals surface area contributed by atoms with Crippen LogP contribution in [0, 0.1) is 0 Å². The van der Waals surface area contributed by atoms with Crippen molar-refractivity contribution in [2.24, 2.45) is 4.99 Å². The Kier molecular flexibility index (Phi) is 5.06. The molecule has 2 aromatic rings. The van der Waals surface area contributed by atoms with Gasteiger partial charge in [0.25, 0.3) is 0 Å². The van der Waals surface area contributed by atoms with Crippen molar-refractivity contribution in [2.75, 3.05) is 18.6 Å². The van der Waals surface area contributed by atoms with E-state index < -0.39 is 0 Å². The molecule has 4 heteroatoms. The zero-order valence-corrected chi connectivity index (χ0v) is 13.7. The maximum absolute atomic E-state index is 11.8. The van der Waals surface area contributed by atoms with E-state index in [4.69, 9.17) is 4.74 Å². The quantitative estimate of drug-likeness (QED) is 0.791. The zero-order chi connectivity index (χ0) is 16.8. The van der Waals surface area contributed by atoms with Gasteiger partial charge in [-0.3, -0.25) is 9.79 Å². The molecule has 0 amide bonds. The molecule has 0 fully saturated rings. The van der Waals surface area contributed by atoms with E-state index in [1.165, 1.54) is 12.7 Å². The molecule has 0 radical (unpaired) electrons. The van der Waals surface area contributed by atoms with Crippen LogP contribution in [0.25, 0.3) is 0 Å². The summed E-state index contributed by atoms with van der Waals surface area (Å²) in [5.74, 6) is -0.263. The second kappa shape index (κ2) is 7.59. The van der Waals surface area contributed by atoms with E-state index >= 15 is 0 Å². The van der Waals surface area contributed by atoms with E-state index in [0.29, 0.717) is 0 Å². The van der Waals surface area contributed by atoms with Gasteiger partial charge in [0.15, 0.2) is 0 Å². The van der Waals surface area contributed by atoms with Gasteiger partial charge in [-0.1, -0.05) is 48.5 Å². The van der Waals surface area contributed by atoms with E-state index in [-0.39, 0.29) is 12.4 Å². The predicted molar refractivity (Wildman–Crippen MR) is 96.2 cm³/mol. The lowest BCUT2D eigenvalue weighted by Crippen LogP contribution is -2.27. The van der Waals surface area contributed by atoms with Gasteiger partial charge in [-0.05, 0) is 18.1 Å². The molecule has 0 saturated heterocycles. The summed E-state index contributed by atoms with van der Waals surface area (Å²) >= 11 is 0. The Labute approximate surface area is 142 Å². The fraction of sp³-hybridized carbons (Fsp3) is 0.200. The van der Waals surface area contributed by atoms with Gasteiger partial charge in [-0.15, -0.1) is 0 Å². The molecule has 0 saturated carbocycles. The molecule has 0 spiro atoms. The Balaban J connectivity index is 1.88. The molecule has 0 bridgehead atoms. The molecule has 1 aliphatic rings. The molecule has 0 atom stereocenters. The van der Waals surface area contributed by atoms with Crippen molar-refractivity contribution >= 4 is 17.9 Å². The summed E-state index contributed by atoms with van der Waals surface area (Å²) < 4.78 is 4.83. The van der Waals surface area contributed by atoms with Crippen LogP contribution in [0.5, 0.6) is 0 Å². The summed E-state index contributed by atoms with van der Waals surface area (Å²) in [6.45, 7) is 0.771. The van der Waals surface area contributed by atoms with Gasteiger partial charge in [0.05, 0.1) is 13.5 Å². The first-order valence-electron chi connectivity index (χ1n) is 7.97. The van der Waals surface area contributed by atoms with Crippen LogP contribution in [0.1, 0.15) is 17.5 Å². The highest BCUT2D eigenvalue weighted by Crippen LogP contribution is 2.27. The van der Waals surface area contributed by atoms with Crippen molar-refractivity contribution in [1.82, 2.24) is 0 Å². The van der Waals surface area contributed by atoms with E-state index in [1.54, 1.807) is 6.20 Å². The van der Waals surface area contributed by atoms with Gasteiger partial charge in [0, 0.05) is 35.9 Å². The average molecular weight is 320 g/mol. The van der Waals surface area contributed by atoms with Crippen LogP contribution < -0.4 is 4.90 Å². The highest BCUT2D eigenvalue weighted by atomic mass is 16.5. The summed E-state index contributed by atoms with van der Waals surface area (Å²) in [6, 6.07) is 18.4. The van der Waals surface area contributed by atoms with E-state index in [9.17, 15) is 4.79 Å². The molecule has 3 rings (SSSR count). The molecule has 1 aliphatic heterocycles. The van der Waals surface area contributed by atoms with Crippen LogP contribution in [-0.4, -0.2) is 25.8 Å². The normalized spacial score (nSPS) is 13.0. The minimum Gasteiger partial charge on any atom is -0.469 e. The molecule has 122 valence electrons. The molecule has 4 nitrogen and oxygen atoms in total. The third-order valence-corrected chi connectivity index (χ3v) is 4.03. The first kappa shape index (κ1) is 16.0. The van der Waals surface area contributed by atoms with Crippen LogP contribution >= 0.6 is 0 Å². The maximum Gasteiger partial charge on any atom is 0.311 e. The zero-order valence-electron chi connectivity index (χ0n) is 13.7. The smallest absolute Gasteiger partial charge is 0.311 e. The number of esters is 1. The molecule has 24 heavy (non-hydrogen) atoms.